The molecule has 0 saturated carbocycles. The van der Waals surface area contributed by atoms with E-state index in [1.165, 1.54) is 6.92 Å². The molecular weight excluding hydrogens is 294 g/mol. The lowest BCUT2D eigenvalue weighted by molar-refractivity contribution is -0.140. The predicted octanol–water partition coefficient (Wildman–Crippen LogP) is 3.09. The molecule has 0 heterocycles. The van der Waals surface area contributed by atoms with E-state index in [4.69, 9.17) is 0 Å². The molecule has 0 aliphatic carbocycles. The zero-order valence-corrected chi connectivity index (χ0v) is 12.7. The topological polar surface area (TPSA) is 83.5 Å². The standard InChI is InChI=1S/C18H17NO4/c1-12(20)14-9-5-6-10-16(14)19-17(21)11-15(18(22)23)13-7-3-2-4-8-13/h2-10,15H,11H2,1H3,(H,19,21)(H,22,23)/t15-/m0/s1. The molecule has 0 aromatic heterocycles. The molecular formula is C18H17NO4. The van der Waals surface area contributed by atoms with E-state index in [-0.39, 0.29) is 12.2 Å². The second-order valence-electron chi connectivity index (χ2n) is 5.16. The van der Waals surface area contributed by atoms with Gasteiger partial charge < -0.3 is 10.4 Å². The molecule has 2 aromatic carbocycles. The van der Waals surface area contributed by atoms with Crippen molar-refractivity contribution in [2.75, 3.05) is 5.32 Å². The van der Waals surface area contributed by atoms with Gasteiger partial charge in [-0.3, -0.25) is 14.4 Å². The van der Waals surface area contributed by atoms with Crippen LogP contribution in [0.4, 0.5) is 5.69 Å². The Labute approximate surface area is 134 Å². The second-order valence-corrected chi connectivity index (χ2v) is 5.16. The minimum absolute atomic E-state index is 0.168. The highest BCUT2D eigenvalue weighted by molar-refractivity contribution is 6.04. The van der Waals surface area contributed by atoms with Crippen LogP contribution < -0.4 is 5.32 Å². The summed E-state index contributed by atoms with van der Waals surface area (Å²) in [6.45, 7) is 1.41. The van der Waals surface area contributed by atoms with E-state index in [0.717, 1.165) is 0 Å². The minimum Gasteiger partial charge on any atom is -0.481 e. The average molecular weight is 311 g/mol. The van der Waals surface area contributed by atoms with Crippen LogP contribution in [0.25, 0.3) is 0 Å². The van der Waals surface area contributed by atoms with Crippen LogP contribution in [0, 0.1) is 0 Å². The fourth-order valence-electron chi connectivity index (χ4n) is 2.32. The number of carboxylic acid groups (broad SMARTS) is 1. The van der Waals surface area contributed by atoms with Crippen LogP contribution in [0.2, 0.25) is 0 Å². The highest BCUT2D eigenvalue weighted by Gasteiger charge is 2.23. The summed E-state index contributed by atoms with van der Waals surface area (Å²) < 4.78 is 0. The van der Waals surface area contributed by atoms with Crippen LogP contribution >= 0.6 is 0 Å². The first-order valence-electron chi connectivity index (χ1n) is 7.16. The summed E-state index contributed by atoms with van der Waals surface area (Å²) in [6.07, 6.45) is -0.203. The molecule has 0 bridgehead atoms. The van der Waals surface area contributed by atoms with E-state index < -0.39 is 17.8 Å². The maximum absolute atomic E-state index is 12.2. The summed E-state index contributed by atoms with van der Waals surface area (Å²) in [4.78, 5) is 35.2. The first kappa shape index (κ1) is 16.4. The normalized spacial score (nSPS) is 11.5. The fourth-order valence-corrected chi connectivity index (χ4v) is 2.32. The molecule has 0 aliphatic rings. The number of Topliss-reactive ketones (excluding diaryl/α,β-unsaturated/α-hetero) is 1. The maximum atomic E-state index is 12.2. The summed E-state index contributed by atoms with van der Waals surface area (Å²) >= 11 is 0. The van der Waals surface area contributed by atoms with E-state index in [1.54, 1.807) is 54.6 Å². The second kappa shape index (κ2) is 7.35. The Bertz CT molecular complexity index is 725. The van der Waals surface area contributed by atoms with Gasteiger partial charge in [-0.25, -0.2) is 0 Å². The van der Waals surface area contributed by atoms with E-state index >= 15 is 0 Å². The zero-order chi connectivity index (χ0) is 16.8. The Morgan fingerprint density at radius 1 is 1.00 bits per heavy atom. The molecule has 5 heteroatoms. The summed E-state index contributed by atoms with van der Waals surface area (Å²) in [5.74, 6) is -2.61. The number of carbonyl (C=O) groups is 3. The van der Waals surface area contributed by atoms with Crippen LogP contribution in [0.3, 0.4) is 0 Å². The molecule has 2 aromatic rings. The van der Waals surface area contributed by atoms with Gasteiger partial charge in [-0.1, -0.05) is 42.5 Å². The lowest BCUT2D eigenvalue weighted by Crippen LogP contribution is -2.21. The van der Waals surface area contributed by atoms with Gasteiger partial charge in [-0.15, -0.1) is 0 Å². The van der Waals surface area contributed by atoms with Gasteiger partial charge in [0.1, 0.15) is 0 Å². The van der Waals surface area contributed by atoms with Crippen LogP contribution in [0.1, 0.15) is 35.2 Å². The number of carboxylic acids is 1. The van der Waals surface area contributed by atoms with Gasteiger partial charge in [0.15, 0.2) is 5.78 Å². The Morgan fingerprint density at radius 3 is 2.22 bits per heavy atom. The summed E-state index contributed by atoms with van der Waals surface area (Å²) in [7, 11) is 0. The van der Waals surface area contributed by atoms with E-state index in [0.29, 0.717) is 16.8 Å². The largest absolute Gasteiger partial charge is 0.481 e. The van der Waals surface area contributed by atoms with Crippen molar-refractivity contribution in [3.63, 3.8) is 0 Å². The van der Waals surface area contributed by atoms with Crippen molar-refractivity contribution >= 4 is 23.3 Å². The summed E-state index contributed by atoms with van der Waals surface area (Å²) in [5, 5.41) is 12.0. The molecule has 23 heavy (non-hydrogen) atoms. The fraction of sp³-hybridized carbons (Fsp3) is 0.167. The van der Waals surface area contributed by atoms with E-state index in [2.05, 4.69) is 5.32 Å². The Kier molecular flexibility index (Phi) is 5.25. The molecule has 0 aliphatic heterocycles. The number of aliphatic carboxylic acids is 1. The smallest absolute Gasteiger partial charge is 0.311 e. The first-order valence-corrected chi connectivity index (χ1v) is 7.16. The quantitative estimate of drug-likeness (QED) is 0.803. The summed E-state index contributed by atoms with van der Waals surface area (Å²) in [6, 6.07) is 15.2. The number of benzene rings is 2. The minimum atomic E-state index is -1.06. The monoisotopic (exact) mass is 311 g/mol. The Balaban J connectivity index is 2.15. The van der Waals surface area contributed by atoms with Crippen LogP contribution in [0.15, 0.2) is 54.6 Å². The van der Waals surface area contributed by atoms with Crippen molar-refractivity contribution in [3.05, 3.63) is 65.7 Å². The first-order chi connectivity index (χ1) is 11.0. The molecule has 0 radical (unpaired) electrons. The highest BCUT2D eigenvalue weighted by Crippen LogP contribution is 2.22. The SMILES string of the molecule is CC(=O)c1ccccc1NC(=O)C[C@H](C(=O)O)c1ccccc1. The van der Waals surface area contributed by atoms with Gasteiger partial charge in [0.05, 0.1) is 11.6 Å². The van der Waals surface area contributed by atoms with Crippen LogP contribution in [-0.2, 0) is 9.59 Å². The zero-order valence-electron chi connectivity index (χ0n) is 12.7. The molecule has 1 atom stereocenters. The lowest BCUT2D eigenvalue weighted by Gasteiger charge is -2.14. The van der Waals surface area contributed by atoms with Crippen molar-refractivity contribution in [1.29, 1.82) is 0 Å². The van der Waals surface area contributed by atoms with Crippen molar-refractivity contribution < 1.29 is 19.5 Å². The molecule has 1 amide bonds. The Hall–Kier alpha value is -2.95. The van der Waals surface area contributed by atoms with Gasteiger partial charge in [-0.05, 0) is 24.6 Å². The van der Waals surface area contributed by atoms with Crippen LogP contribution in [-0.4, -0.2) is 22.8 Å². The number of rotatable bonds is 6. The third-order valence-corrected chi connectivity index (χ3v) is 3.47. The van der Waals surface area contributed by atoms with Crippen molar-refractivity contribution in [2.24, 2.45) is 0 Å². The molecule has 2 rings (SSSR count). The van der Waals surface area contributed by atoms with Gasteiger partial charge in [0.2, 0.25) is 5.91 Å². The summed E-state index contributed by atoms with van der Waals surface area (Å²) in [5.41, 5.74) is 1.35. The molecule has 0 fully saturated rings. The van der Waals surface area contributed by atoms with Crippen molar-refractivity contribution in [3.8, 4) is 0 Å². The number of para-hydroxylation sites is 1. The number of ketones is 1. The number of anilines is 1. The van der Waals surface area contributed by atoms with Gasteiger partial charge in [0.25, 0.3) is 0 Å². The molecule has 118 valence electrons. The molecule has 0 saturated heterocycles. The number of carbonyl (C=O) groups excluding carboxylic acids is 2. The molecule has 2 N–H and O–H groups in total. The predicted molar refractivity (Wildman–Crippen MR) is 86.5 cm³/mol. The van der Waals surface area contributed by atoms with Crippen LogP contribution in [0.5, 0.6) is 0 Å². The highest BCUT2D eigenvalue weighted by atomic mass is 16.4. The molecule has 5 nitrogen and oxygen atoms in total. The third-order valence-electron chi connectivity index (χ3n) is 3.47. The van der Waals surface area contributed by atoms with Crippen molar-refractivity contribution in [1.82, 2.24) is 0 Å². The lowest BCUT2D eigenvalue weighted by atomic mass is 9.95. The third kappa shape index (κ3) is 4.26. The number of hydrogen-bond acceptors (Lipinski definition) is 3. The maximum Gasteiger partial charge on any atom is 0.311 e. The number of amides is 1. The molecule has 0 unspecified atom stereocenters. The van der Waals surface area contributed by atoms with E-state index in [1.807, 2.05) is 0 Å². The Morgan fingerprint density at radius 2 is 1.61 bits per heavy atom. The average Bonchev–Trinajstić information content (AvgIpc) is 2.53. The van der Waals surface area contributed by atoms with Crippen molar-refractivity contribution in [2.45, 2.75) is 19.3 Å². The number of nitrogens with one attached hydrogen (secondary N) is 1. The van der Waals surface area contributed by atoms with Gasteiger partial charge in [0, 0.05) is 12.0 Å². The van der Waals surface area contributed by atoms with Gasteiger partial charge in [-0.2, -0.15) is 0 Å². The van der Waals surface area contributed by atoms with E-state index in [9.17, 15) is 19.5 Å². The van der Waals surface area contributed by atoms with Gasteiger partial charge >= 0.3 is 5.97 Å². The molecule has 0 spiro atoms. The number of hydrogen-bond donors (Lipinski definition) is 2.